The zero-order chi connectivity index (χ0) is 24.5. The number of thiazole rings is 1. The molecular weight excluding hydrogens is 498 g/mol. The standard InChI is InChI=1S/C26H25N5O3S.ClH/c1-17-4-9-21-24(18(17)2)28-26(35-21)30(14-3-13-29-15-12-27-16-29)25(34)19-5-7-20(8-6-19)31-22(32)10-11-23(31)33;/h4-9,12,15-16H,3,10-11,13-14H2,1-2H3;1H. The van der Waals surface area contributed by atoms with E-state index in [4.69, 9.17) is 4.98 Å². The lowest BCUT2D eigenvalue weighted by molar-refractivity contribution is -0.121. The topological polar surface area (TPSA) is 88.4 Å². The molecule has 1 aliphatic rings. The Labute approximate surface area is 219 Å². The second-order valence-electron chi connectivity index (χ2n) is 8.63. The third kappa shape index (κ3) is 4.89. The second-order valence-corrected chi connectivity index (χ2v) is 9.64. The maximum absolute atomic E-state index is 13.7. The Kier molecular flexibility index (Phi) is 7.51. The number of nitrogens with zero attached hydrogens (tertiary/aromatic N) is 5. The molecule has 0 atom stereocenters. The first kappa shape index (κ1) is 25.5. The monoisotopic (exact) mass is 523 g/mol. The average Bonchev–Trinajstić information content (AvgIpc) is 3.60. The van der Waals surface area contributed by atoms with Gasteiger partial charge < -0.3 is 4.57 Å². The van der Waals surface area contributed by atoms with E-state index >= 15 is 0 Å². The number of amides is 3. The molecule has 5 rings (SSSR count). The number of hydrogen-bond acceptors (Lipinski definition) is 6. The molecule has 0 saturated carbocycles. The minimum atomic E-state index is -0.213. The van der Waals surface area contributed by atoms with Gasteiger partial charge in [-0.1, -0.05) is 17.4 Å². The highest BCUT2D eigenvalue weighted by Gasteiger charge is 2.30. The smallest absolute Gasteiger partial charge is 0.260 e. The van der Waals surface area contributed by atoms with Crippen LogP contribution >= 0.6 is 23.7 Å². The summed E-state index contributed by atoms with van der Waals surface area (Å²) in [6, 6.07) is 10.8. The van der Waals surface area contributed by atoms with E-state index in [2.05, 4.69) is 18.0 Å². The van der Waals surface area contributed by atoms with E-state index in [0.717, 1.165) is 34.3 Å². The van der Waals surface area contributed by atoms with Gasteiger partial charge in [-0.2, -0.15) is 0 Å². The first-order valence-electron chi connectivity index (χ1n) is 11.5. The molecule has 10 heteroatoms. The summed E-state index contributed by atoms with van der Waals surface area (Å²) < 4.78 is 3.02. The molecule has 0 spiro atoms. The molecular formula is C26H26ClN5O3S. The third-order valence-electron chi connectivity index (χ3n) is 6.33. The fourth-order valence-electron chi connectivity index (χ4n) is 4.22. The van der Waals surface area contributed by atoms with Crippen molar-refractivity contribution in [1.29, 1.82) is 0 Å². The molecule has 2 aromatic carbocycles. The van der Waals surface area contributed by atoms with Gasteiger partial charge in [0.1, 0.15) is 0 Å². The van der Waals surface area contributed by atoms with Gasteiger partial charge in [-0.3, -0.25) is 24.2 Å². The molecule has 3 heterocycles. The zero-order valence-corrected chi connectivity index (χ0v) is 21.6. The summed E-state index contributed by atoms with van der Waals surface area (Å²) in [5.74, 6) is -0.597. The van der Waals surface area contributed by atoms with Crippen molar-refractivity contribution in [3.8, 4) is 0 Å². The summed E-state index contributed by atoms with van der Waals surface area (Å²) in [6.45, 7) is 5.32. The van der Waals surface area contributed by atoms with Crippen molar-refractivity contribution in [2.45, 2.75) is 39.7 Å². The van der Waals surface area contributed by atoms with Crippen molar-refractivity contribution in [2.24, 2.45) is 0 Å². The number of aromatic nitrogens is 3. The Morgan fingerprint density at radius 3 is 2.44 bits per heavy atom. The molecule has 0 unspecified atom stereocenters. The fourth-order valence-corrected chi connectivity index (χ4v) is 5.27. The van der Waals surface area contributed by atoms with Gasteiger partial charge in [0.05, 0.1) is 22.2 Å². The van der Waals surface area contributed by atoms with Crippen LogP contribution in [-0.4, -0.2) is 38.8 Å². The highest BCUT2D eigenvalue weighted by Crippen LogP contribution is 2.33. The number of fused-ring (bicyclic) bond motifs is 1. The normalized spacial score (nSPS) is 13.3. The molecule has 36 heavy (non-hydrogen) atoms. The number of aryl methyl sites for hydroxylation is 3. The van der Waals surface area contributed by atoms with Crippen LogP contribution < -0.4 is 9.80 Å². The van der Waals surface area contributed by atoms with Crippen LogP contribution in [0, 0.1) is 13.8 Å². The number of hydrogen-bond donors (Lipinski definition) is 0. The Morgan fingerprint density at radius 1 is 1.06 bits per heavy atom. The van der Waals surface area contributed by atoms with E-state index in [-0.39, 0.29) is 43.0 Å². The summed E-state index contributed by atoms with van der Waals surface area (Å²) >= 11 is 1.50. The molecule has 0 N–H and O–H groups in total. The van der Waals surface area contributed by atoms with Gasteiger partial charge in [0.15, 0.2) is 5.13 Å². The Hall–Kier alpha value is -3.56. The van der Waals surface area contributed by atoms with Crippen LogP contribution in [0.5, 0.6) is 0 Å². The number of halogens is 1. The molecule has 3 amide bonds. The van der Waals surface area contributed by atoms with Crippen LogP contribution in [0.4, 0.5) is 10.8 Å². The Bertz CT molecular complexity index is 1400. The highest BCUT2D eigenvalue weighted by molar-refractivity contribution is 7.22. The summed E-state index contributed by atoms with van der Waals surface area (Å²) in [5.41, 5.74) is 4.15. The molecule has 1 aliphatic heterocycles. The SMILES string of the molecule is Cc1ccc2sc(N(CCCn3ccnc3)C(=O)c3ccc(N4C(=O)CCC4=O)cc3)nc2c1C.Cl. The van der Waals surface area contributed by atoms with E-state index in [9.17, 15) is 14.4 Å². The number of anilines is 2. The number of imidazole rings is 1. The van der Waals surface area contributed by atoms with E-state index in [1.54, 1.807) is 41.7 Å². The largest absolute Gasteiger partial charge is 0.337 e. The van der Waals surface area contributed by atoms with Gasteiger partial charge in [-0.15, -0.1) is 12.4 Å². The molecule has 4 aromatic rings. The van der Waals surface area contributed by atoms with Crippen molar-refractivity contribution >= 4 is 62.5 Å². The number of carbonyl (C=O) groups is 3. The highest BCUT2D eigenvalue weighted by atomic mass is 35.5. The van der Waals surface area contributed by atoms with Crippen molar-refractivity contribution in [2.75, 3.05) is 16.3 Å². The van der Waals surface area contributed by atoms with Crippen LogP contribution in [0.1, 0.15) is 40.7 Å². The molecule has 0 radical (unpaired) electrons. The average molecular weight is 524 g/mol. The van der Waals surface area contributed by atoms with Crippen molar-refractivity contribution < 1.29 is 14.4 Å². The number of benzene rings is 2. The number of imide groups is 1. The first-order chi connectivity index (χ1) is 16.9. The molecule has 2 aromatic heterocycles. The fraction of sp³-hybridized carbons (Fsp3) is 0.269. The minimum absolute atomic E-state index is 0. The number of rotatable bonds is 7. The van der Waals surface area contributed by atoms with Gasteiger partial charge in [0.2, 0.25) is 11.8 Å². The summed E-state index contributed by atoms with van der Waals surface area (Å²) in [4.78, 5) is 49.6. The summed E-state index contributed by atoms with van der Waals surface area (Å²) in [6.07, 6.45) is 6.57. The van der Waals surface area contributed by atoms with Gasteiger partial charge in [-0.25, -0.2) is 9.97 Å². The predicted octanol–water partition coefficient (Wildman–Crippen LogP) is 4.92. The van der Waals surface area contributed by atoms with E-state index in [0.29, 0.717) is 22.9 Å². The van der Waals surface area contributed by atoms with Crippen molar-refractivity contribution in [3.63, 3.8) is 0 Å². The van der Waals surface area contributed by atoms with Crippen LogP contribution in [0.15, 0.2) is 55.1 Å². The lowest BCUT2D eigenvalue weighted by Crippen LogP contribution is -2.32. The Morgan fingerprint density at radius 2 is 1.78 bits per heavy atom. The van der Waals surface area contributed by atoms with Gasteiger partial charge >= 0.3 is 0 Å². The maximum Gasteiger partial charge on any atom is 0.260 e. The van der Waals surface area contributed by atoms with E-state index < -0.39 is 0 Å². The van der Waals surface area contributed by atoms with Gasteiger partial charge in [0, 0.05) is 43.9 Å². The molecule has 1 saturated heterocycles. The van der Waals surface area contributed by atoms with E-state index in [1.807, 2.05) is 23.8 Å². The first-order valence-corrected chi connectivity index (χ1v) is 12.3. The van der Waals surface area contributed by atoms with Gasteiger partial charge in [-0.05, 0) is 61.7 Å². The van der Waals surface area contributed by atoms with E-state index in [1.165, 1.54) is 16.2 Å². The summed E-state index contributed by atoms with van der Waals surface area (Å²) in [7, 11) is 0. The summed E-state index contributed by atoms with van der Waals surface area (Å²) in [5, 5.41) is 0.651. The number of carbonyl (C=O) groups excluding carboxylic acids is 3. The molecule has 0 aliphatic carbocycles. The molecule has 1 fully saturated rings. The van der Waals surface area contributed by atoms with Crippen molar-refractivity contribution in [1.82, 2.24) is 14.5 Å². The zero-order valence-electron chi connectivity index (χ0n) is 20.0. The molecule has 8 nitrogen and oxygen atoms in total. The van der Waals surface area contributed by atoms with Crippen LogP contribution in [0.25, 0.3) is 10.2 Å². The van der Waals surface area contributed by atoms with Crippen LogP contribution in [-0.2, 0) is 16.1 Å². The lowest BCUT2D eigenvalue weighted by Gasteiger charge is -2.21. The Balaban J connectivity index is 0.00000304. The molecule has 186 valence electrons. The maximum atomic E-state index is 13.7. The van der Waals surface area contributed by atoms with Gasteiger partial charge in [0.25, 0.3) is 5.91 Å². The van der Waals surface area contributed by atoms with Crippen LogP contribution in [0.3, 0.4) is 0 Å². The second kappa shape index (κ2) is 10.6. The quantitative estimate of drug-likeness (QED) is 0.321. The van der Waals surface area contributed by atoms with Crippen LogP contribution in [0.2, 0.25) is 0 Å². The lowest BCUT2D eigenvalue weighted by atomic mass is 10.1. The third-order valence-corrected chi connectivity index (χ3v) is 7.37. The van der Waals surface area contributed by atoms with Crippen molar-refractivity contribution in [3.05, 3.63) is 71.8 Å². The molecule has 0 bridgehead atoms. The minimum Gasteiger partial charge on any atom is -0.337 e. The predicted molar refractivity (Wildman–Crippen MR) is 143 cm³/mol.